The van der Waals surface area contributed by atoms with E-state index in [0.29, 0.717) is 29.1 Å². The number of rotatable bonds is 8. The number of amides is 1. The van der Waals surface area contributed by atoms with Gasteiger partial charge in [-0.15, -0.1) is 0 Å². The third-order valence-corrected chi connectivity index (χ3v) is 6.76. The largest absolute Gasteiger partial charge is 0.355 e. The number of hydrogen-bond donors (Lipinski definition) is 1. The first-order chi connectivity index (χ1) is 17.5. The quantitative estimate of drug-likeness (QED) is 0.302. The first-order valence-electron chi connectivity index (χ1n) is 12.0. The van der Waals surface area contributed by atoms with Crippen molar-refractivity contribution in [3.8, 4) is 0 Å². The van der Waals surface area contributed by atoms with E-state index in [1.807, 2.05) is 61.5 Å². The van der Waals surface area contributed by atoms with Crippen LogP contribution in [0.25, 0.3) is 21.9 Å². The van der Waals surface area contributed by atoms with Gasteiger partial charge in [-0.3, -0.25) is 14.2 Å². The number of carbonyl (C=O) groups excluding carboxylic acids is 1. The number of carbonyl (C=O) groups is 1. The molecule has 0 bridgehead atoms. The Labute approximate surface area is 214 Å². The number of nitrogens with one attached hydrogen (secondary N) is 1. The SMILES string of the molecule is Cc1ccc2c(c1)c1ncn(Cc3ccccc3Cl)c(=O)c1n2CC(=O)NCCCc1ccccc1. The molecule has 0 saturated carbocycles. The summed E-state index contributed by atoms with van der Waals surface area (Å²) in [5.41, 5.74) is 4.78. The van der Waals surface area contributed by atoms with Gasteiger partial charge >= 0.3 is 0 Å². The highest BCUT2D eigenvalue weighted by Crippen LogP contribution is 2.26. The summed E-state index contributed by atoms with van der Waals surface area (Å²) in [6.07, 6.45) is 3.30. The van der Waals surface area contributed by atoms with E-state index in [4.69, 9.17) is 11.6 Å². The van der Waals surface area contributed by atoms with Gasteiger partial charge in [0.25, 0.3) is 5.56 Å². The first kappa shape index (κ1) is 23.8. The summed E-state index contributed by atoms with van der Waals surface area (Å²) in [4.78, 5) is 31.2. The number of aromatic nitrogens is 3. The molecule has 0 aliphatic heterocycles. The van der Waals surface area contributed by atoms with Crippen molar-refractivity contribution in [2.75, 3.05) is 6.54 Å². The highest BCUT2D eigenvalue weighted by molar-refractivity contribution is 6.31. The first-order valence-corrected chi connectivity index (χ1v) is 12.4. The van der Waals surface area contributed by atoms with Crippen molar-refractivity contribution in [3.63, 3.8) is 0 Å². The fourth-order valence-electron chi connectivity index (χ4n) is 4.57. The standard InChI is InChI=1S/C29H27ClN4O2/c1-20-13-14-25-23(16-20)27-28(29(36)33(19-32-27)17-22-11-5-6-12-24(22)30)34(25)18-26(35)31-15-7-10-21-8-3-2-4-9-21/h2-6,8-9,11-14,16,19H,7,10,15,17-18H2,1H3,(H,31,35). The van der Waals surface area contributed by atoms with E-state index < -0.39 is 0 Å². The van der Waals surface area contributed by atoms with Crippen molar-refractivity contribution >= 4 is 39.4 Å². The van der Waals surface area contributed by atoms with Gasteiger partial charge in [-0.1, -0.05) is 71.8 Å². The normalized spacial score (nSPS) is 11.3. The van der Waals surface area contributed by atoms with Crippen LogP contribution in [0.2, 0.25) is 5.02 Å². The fraction of sp³-hybridized carbons (Fsp3) is 0.207. The van der Waals surface area contributed by atoms with Gasteiger partial charge in [0.15, 0.2) is 0 Å². The van der Waals surface area contributed by atoms with Crippen LogP contribution in [0.3, 0.4) is 0 Å². The average Bonchev–Trinajstić information content (AvgIpc) is 3.18. The molecule has 0 radical (unpaired) electrons. The molecule has 1 N–H and O–H groups in total. The summed E-state index contributed by atoms with van der Waals surface area (Å²) >= 11 is 6.33. The van der Waals surface area contributed by atoms with Crippen molar-refractivity contribution in [3.05, 3.63) is 111 Å². The van der Waals surface area contributed by atoms with Crippen LogP contribution in [-0.4, -0.2) is 26.6 Å². The van der Waals surface area contributed by atoms with E-state index in [1.165, 1.54) is 5.56 Å². The predicted octanol–water partition coefficient (Wildman–Crippen LogP) is 5.11. The van der Waals surface area contributed by atoms with Gasteiger partial charge in [0.2, 0.25) is 5.91 Å². The lowest BCUT2D eigenvalue weighted by Gasteiger charge is -2.10. The van der Waals surface area contributed by atoms with Gasteiger partial charge in [0, 0.05) is 17.0 Å². The molecule has 0 atom stereocenters. The lowest BCUT2D eigenvalue weighted by atomic mass is 10.1. The van der Waals surface area contributed by atoms with Gasteiger partial charge in [-0.25, -0.2) is 4.98 Å². The number of benzene rings is 3. The van der Waals surface area contributed by atoms with Crippen molar-refractivity contribution in [1.82, 2.24) is 19.4 Å². The predicted molar refractivity (Wildman–Crippen MR) is 145 cm³/mol. The van der Waals surface area contributed by atoms with E-state index in [1.54, 1.807) is 21.5 Å². The summed E-state index contributed by atoms with van der Waals surface area (Å²) in [7, 11) is 0. The molecule has 1 amide bonds. The molecule has 0 aliphatic carbocycles. The summed E-state index contributed by atoms with van der Waals surface area (Å²) < 4.78 is 3.33. The molecule has 36 heavy (non-hydrogen) atoms. The molecule has 0 spiro atoms. The summed E-state index contributed by atoms with van der Waals surface area (Å²) in [5.74, 6) is -0.136. The molecule has 7 heteroatoms. The highest BCUT2D eigenvalue weighted by Gasteiger charge is 2.19. The van der Waals surface area contributed by atoms with E-state index in [9.17, 15) is 9.59 Å². The number of halogens is 1. The molecule has 2 aromatic heterocycles. The molecule has 3 aromatic carbocycles. The van der Waals surface area contributed by atoms with Crippen molar-refractivity contribution in [2.24, 2.45) is 0 Å². The zero-order valence-corrected chi connectivity index (χ0v) is 20.8. The second-order valence-electron chi connectivity index (χ2n) is 9.01. The monoisotopic (exact) mass is 498 g/mol. The zero-order valence-electron chi connectivity index (χ0n) is 20.1. The van der Waals surface area contributed by atoms with Crippen LogP contribution in [0.15, 0.2) is 83.9 Å². The Morgan fingerprint density at radius 3 is 2.61 bits per heavy atom. The number of aryl methyl sites for hydroxylation is 2. The third-order valence-electron chi connectivity index (χ3n) is 6.39. The molecule has 0 unspecified atom stereocenters. The Bertz CT molecular complexity index is 1610. The molecule has 0 saturated heterocycles. The molecule has 5 aromatic rings. The topological polar surface area (TPSA) is 68.9 Å². The molecule has 182 valence electrons. The van der Waals surface area contributed by atoms with Crippen LogP contribution in [0.5, 0.6) is 0 Å². The van der Waals surface area contributed by atoms with Crippen LogP contribution in [0.4, 0.5) is 0 Å². The lowest BCUT2D eigenvalue weighted by molar-refractivity contribution is -0.121. The van der Waals surface area contributed by atoms with Gasteiger partial charge in [0.1, 0.15) is 17.6 Å². The maximum absolute atomic E-state index is 13.6. The van der Waals surface area contributed by atoms with E-state index in [0.717, 1.165) is 34.9 Å². The number of nitrogens with zero attached hydrogens (tertiary/aromatic N) is 3. The van der Waals surface area contributed by atoms with Gasteiger partial charge in [-0.05, 0) is 49.1 Å². The Morgan fingerprint density at radius 2 is 1.81 bits per heavy atom. The maximum Gasteiger partial charge on any atom is 0.278 e. The second kappa shape index (κ2) is 10.4. The number of fused-ring (bicyclic) bond motifs is 3. The average molecular weight is 499 g/mol. The van der Waals surface area contributed by atoms with Crippen LogP contribution in [-0.2, 0) is 24.3 Å². The van der Waals surface area contributed by atoms with Crippen molar-refractivity contribution < 1.29 is 4.79 Å². The molecule has 0 fully saturated rings. The minimum Gasteiger partial charge on any atom is -0.355 e. The summed E-state index contributed by atoms with van der Waals surface area (Å²) in [6.45, 7) is 2.91. The van der Waals surface area contributed by atoms with Gasteiger partial charge in [-0.2, -0.15) is 0 Å². The molecule has 0 aliphatic rings. The molecule has 2 heterocycles. The Morgan fingerprint density at radius 1 is 1.03 bits per heavy atom. The van der Waals surface area contributed by atoms with Crippen LogP contribution < -0.4 is 10.9 Å². The van der Waals surface area contributed by atoms with Crippen molar-refractivity contribution in [1.29, 1.82) is 0 Å². The zero-order chi connectivity index (χ0) is 25.1. The summed E-state index contributed by atoms with van der Waals surface area (Å²) in [6, 6.07) is 23.6. The minimum atomic E-state index is -0.203. The Hall–Kier alpha value is -3.90. The van der Waals surface area contributed by atoms with E-state index in [2.05, 4.69) is 22.4 Å². The smallest absolute Gasteiger partial charge is 0.278 e. The van der Waals surface area contributed by atoms with Crippen LogP contribution >= 0.6 is 11.6 Å². The number of hydrogen-bond acceptors (Lipinski definition) is 3. The lowest BCUT2D eigenvalue weighted by Crippen LogP contribution is -2.30. The van der Waals surface area contributed by atoms with E-state index in [-0.39, 0.29) is 18.0 Å². The van der Waals surface area contributed by atoms with E-state index >= 15 is 0 Å². The van der Waals surface area contributed by atoms with Gasteiger partial charge < -0.3 is 9.88 Å². The molecule has 6 nitrogen and oxygen atoms in total. The molecular formula is C29H27ClN4O2. The maximum atomic E-state index is 13.6. The van der Waals surface area contributed by atoms with Gasteiger partial charge in [0.05, 0.1) is 18.4 Å². The minimum absolute atomic E-state index is 0.0431. The van der Waals surface area contributed by atoms with Crippen LogP contribution in [0.1, 0.15) is 23.1 Å². The molecule has 5 rings (SSSR count). The fourth-order valence-corrected chi connectivity index (χ4v) is 4.76. The highest BCUT2D eigenvalue weighted by atomic mass is 35.5. The molecular weight excluding hydrogens is 472 g/mol. The Balaban J connectivity index is 1.44. The Kier molecular flexibility index (Phi) is 6.87. The van der Waals surface area contributed by atoms with Crippen LogP contribution in [0, 0.1) is 6.92 Å². The van der Waals surface area contributed by atoms with Crippen molar-refractivity contribution in [2.45, 2.75) is 32.9 Å². The second-order valence-corrected chi connectivity index (χ2v) is 9.42. The summed E-state index contributed by atoms with van der Waals surface area (Å²) in [5, 5.41) is 4.46. The third kappa shape index (κ3) is 4.90.